The molecule has 0 atom stereocenters. The van der Waals surface area contributed by atoms with Crippen LogP contribution in [-0.4, -0.2) is 21.6 Å². The number of hydrogen-bond acceptors (Lipinski definition) is 4. The zero-order chi connectivity index (χ0) is 15.6. The van der Waals surface area contributed by atoms with E-state index in [0.717, 1.165) is 11.1 Å². The molecule has 0 aliphatic carbocycles. The highest BCUT2D eigenvalue weighted by Gasteiger charge is 2.16. The Kier molecular flexibility index (Phi) is 3.94. The summed E-state index contributed by atoms with van der Waals surface area (Å²) in [6.45, 7) is 2.91. The number of anilines is 1. The van der Waals surface area contributed by atoms with E-state index in [1.165, 1.54) is 0 Å². The quantitative estimate of drug-likeness (QED) is 0.941. The van der Waals surface area contributed by atoms with Gasteiger partial charge in [-0.05, 0) is 24.6 Å². The van der Waals surface area contributed by atoms with E-state index in [1.54, 1.807) is 24.3 Å². The number of ether oxygens (including phenoxy) is 2. The third-order valence-electron chi connectivity index (χ3n) is 3.25. The van der Waals surface area contributed by atoms with E-state index in [-0.39, 0.29) is 5.75 Å². The van der Waals surface area contributed by atoms with Gasteiger partial charge in [0.25, 0.3) is 0 Å². The summed E-state index contributed by atoms with van der Waals surface area (Å²) in [6.07, 6.45) is 0. The van der Waals surface area contributed by atoms with Crippen molar-refractivity contribution in [1.29, 1.82) is 0 Å². The molecule has 3 rings (SSSR count). The van der Waals surface area contributed by atoms with Gasteiger partial charge in [0.15, 0.2) is 11.5 Å². The van der Waals surface area contributed by atoms with Crippen LogP contribution in [0.15, 0.2) is 42.5 Å². The van der Waals surface area contributed by atoms with Crippen LogP contribution in [0.25, 0.3) is 0 Å². The molecule has 0 saturated carbocycles. The molecular weight excluding hydrogens is 302 g/mol. The predicted octanol–water partition coefficient (Wildman–Crippen LogP) is 2.71. The Hall–Kier alpha value is -2.21. The molecule has 0 unspecified atom stereocenters. The maximum absolute atomic E-state index is 12.3. The van der Waals surface area contributed by atoms with Crippen LogP contribution in [0.1, 0.15) is 11.1 Å². The second kappa shape index (κ2) is 5.88. The topological polar surface area (TPSA) is 64.6 Å². The van der Waals surface area contributed by atoms with Gasteiger partial charge in [0.05, 0.1) is 11.4 Å². The van der Waals surface area contributed by atoms with Gasteiger partial charge >= 0.3 is 0 Å². The highest BCUT2D eigenvalue weighted by atomic mass is 32.2. The first-order chi connectivity index (χ1) is 10.5. The summed E-state index contributed by atoms with van der Waals surface area (Å²) >= 11 is 0. The van der Waals surface area contributed by atoms with Crippen LogP contribution in [0, 0.1) is 6.92 Å². The molecule has 0 saturated heterocycles. The molecule has 5 nitrogen and oxygen atoms in total. The molecule has 1 aliphatic heterocycles. The van der Waals surface area contributed by atoms with Crippen molar-refractivity contribution in [3.05, 3.63) is 53.6 Å². The third-order valence-corrected chi connectivity index (χ3v) is 4.51. The average Bonchev–Trinajstić information content (AvgIpc) is 2.46. The number of fused-ring (bicyclic) bond motifs is 1. The lowest BCUT2D eigenvalue weighted by Gasteiger charge is -2.19. The van der Waals surface area contributed by atoms with Crippen molar-refractivity contribution in [3.8, 4) is 11.5 Å². The van der Waals surface area contributed by atoms with Crippen LogP contribution in [-0.2, 0) is 15.8 Å². The monoisotopic (exact) mass is 319 g/mol. The second-order valence-corrected chi connectivity index (χ2v) is 6.93. The molecule has 6 heteroatoms. The predicted molar refractivity (Wildman–Crippen MR) is 84.9 cm³/mol. The van der Waals surface area contributed by atoms with Gasteiger partial charge in [-0.15, -0.1) is 0 Å². The Balaban J connectivity index is 1.76. The molecule has 22 heavy (non-hydrogen) atoms. The molecule has 0 bridgehead atoms. The van der Waals surface area contributed by atoms with Gasteiger partial charge in [0, 0.05) is 6.07 Å². The van der Waals surface area contributed by atoms with Gasteiger partial charge in [-0.1, -0.05) is 29.8 Å². The summed E-state index contributed by atoms with van der Waals surface area (Å²) in [5.74, 6) is 1.12. The van der Waals surface area contributed by atoms with Crippen LogP contribution in [0.5, 0.6) is 11.5 Å². The third kappa shape index (κ3) is 3.51. The van der Waals surface area contributed by atoms with Crippen LogP contribution >= 0.6 is 0 Å². The van der Waals surface area contributed by atoms with Crippen molar-refractivity contribution in [1.82, 2.24) is 0 Å². The second-order valence-electron chi connectivity index (χ2n) is 5.21. The molecule has 0 aromatic heterocycles. The molecular formula is C16H17NO4S. The molecule has 0 fully saturated rings. The minimum Gasteiger partial charge on any atom is -0.486 e. The Labute approximate surface area is 129 Å². The van der Waals surface area contributed by atoms with Gasteiger partial charge in [0.1, 0.15) is 13.2 Å². The molecule has 1 aliphatic rings. The molecule has 1 heterocycles. The van der Waals surface area contributed by atoms with Gasteiger partial charge in [-0.2, -0.15) is 0 Å². The van der Waals surface area contributed by atoms with Crippen molar-refractivity contribution < 1.29 is 17.9 Å². The smallest absolute Gasteiger partial charge is 0.236 e. The van der Waals surface area contributed by atoms with E-state index >= 15 is 0 Å². The standard InChI is InChI=1S/C16H17NO4S/c1-12-3-2-4-13(9-12)11-22(18,19)17-14-5-6-15-16(10-14)21-8-7-20-15/h2-6,9-10,17H,7-8,11H2,1H3. The lowest BCUT2D eigenvalue weighted by atomic mass is 10.2. The zero-order valence-electron chi connectivity index (χ0n) is 12.2. The van der Waals surface area contributed by atoms with Gasteiger partial charge < -0.3 is 9.47 Å². The Morgan fingerprint density at radius 2 is 1.82 bits per heavy atom. The Bertz CT molecular complexity index is 786. The number of hydrogen-bond donors (Lipinski definition) is 1. The van der Waals surface area contributed by atoms with Gasteiger partial charge in [-0.25, -0.2) is 8.42 Å². The number of benzene rings is 2. The van der Waals surface area contributed by atoms with Gasteiger partial charge in [-0.3, -0.25) is 4.72 Å². The number of sulfonamides is 1. The van der Waals surface area contributed by atoms with E-state index in [2.05, 4.69) is 4.72 Å². The summed E-state index contributed by atoms with van der Waals surface area (Å²) in [5, 5.41) is 0. The van der Waals surface area contributed by atoms with Crippen LogP contribution in [0.2, 0.25) is 0 Å². The number of rotatable bonds is 4. The zero-order valence-corrected chi connectivity index (χ0v) is 13.0. The lowest BCUT2D eigenvalue weighted by Crippen LogP contribution is -2.17. The van der Waals surface area contributed by atoms with E-state index in [0.29, 0.717) is 30.4 Å². The van der Waals surface area contributed by atoms with Crippen molar-refractivity contribution in [2.75, 3.05) is 17.9 Å². The highest BCUT2D eigenvalue weighted by molar-refractivity contribution is 7.91. The largest absolute Gasteiger partial charge is 0.486 e. The van der Waals surface area contributed by atoms with Crippen LogP contribution < -0.4 is 14.2 Å². The minimum absolute atomic E-state index is 0.0663. The van der Waals surface area contributed by atoms with Crippen molar-refractivity contribution >= 4 is 15.7 Å². The Morgan fingerprint density at radius 3 is 2.59 bits per heavy atom. The summed E-state index contributed by atoms with van der Waals surface area (Å²) in [6, 6.07) is 12.5. The molecule has 0 amide bonds. The van der Waals surface area contributed by atoms with Crippen molar-refractivity contribution in [2.45, 2.75) is 12.7 Å². The Morgan fingerprint density at radius 1 is 1.05 bits per heavy atom. The van der Waals surface area contributed by atoms with E-state index in [4.69, 9.17) is 9.47 Å². The number of nitrogens with one attached hydrogen (secondary N) is 1. The fourth-order valence-electron chi connectivity index (χ4n) is 2.34. The molecule has 2 aromatic rings. The molecule has 116 valence electrons. The maximum Gasteiger partial charge on any atom is 0.236 e. The molecule has 2 aromatic carbocycles. The summed E-state index contributed by atoms with van der Waals surface area (Å²) in [4.78, 5) is 0. The van der Waals surface area contributed by atoms with Crippen LogP contribution in [0.3, 0.4) is 0 Å². The van der Waals surface area contributed by atoms with E-state index in [9.17, 15) is 8.42 Å². The fraction of sp³-hybridized carbons (Fsp3) is 0.250. The summed E-state index contributed by atoms with van der Waals surface area (Å²) in [7, 11) is -3.48. The van der Waals surface area contributed by atoms with Crippen molar-refractivity contribution in [2.24, 2.45) is 0 Å². The summed E-state index contributed by atoms with van der Waals surface area (Å²) < 4.78 is 38.0. The molecule has 0 radical (unpaired) electrons. The van der Waals surface area contributed by atoms with E-state index < -0.39 is 10.0 Å². The van der Waals surface area contributed by atoms with Crippen LogP contribution in [0.4, 0.5) is 5.69 Å². The molecule has 1 N–H and O–H groups in total. The highest BCUT2D eigenvalue weighted by Crippen LogP contribution is 2.33. The van der Waals surface area contributed by atoms with Gasteiger partial charge in [0.2, 0.25) is 10.0 Å². The SMILES string of the molecule is Cc1cccc(CS(=O)(=O)Nc2ccc3c(c2)OCCO3)c1. The first-order valence-corrected chi connectivity index (χ1v) is 8.63. The number of aryl methyl sites for hydroxylation is 1. The lowest BCUT2D eigenvalue weighted by molar-refractivity contribution is 0.171. The normalized spacial score (nSPS) is 13.7. The summed E-state index contributed by atoms with van der Waals surface area (Å²) in [5.41, 5.74) is 2.26. The average molecular weight is 319 g/mol. The van der Waals surface area contributed by atoms with Crippen molar-refractivity contribution in [3.63, 3.8) is 0 Å². The fourth-order valence-corrected chi connectivity index (χ4v) is 3.52. The molecule has 0 spiro atoms. The van der Waals surface area contributed by atoms with E-state index in [1.807, 2.05) is 25.1 Å². The first kappa shape index (κ1) is 14.7. The first-order valence-electron chi connectivity index (χ1n) is 6.97. The minimum atomic E-state index is -3.48. The maximum atomic E-state index is 12.3.